The number of benzene rings is 2. The second-order valence-electron chi connectivity index (χ2n) is 6.39. The molecule has 0 spiro atoms. The third kappa shape index (κ3) is 4.36. The Hall–Kier alpha value is -2.33. The summed E-state index contributed by atoms with van der Waals surface area (Å²) in [5.74, 6) is 0. The van der Waals surface area contributed by atoms with Gasteiger partial charge >= 0.3 is 6.03 Å². The lowest BCUT2D eigenvalue weighted by molar-refractivity contribution is 0.113. The van der Waals surface area contributed by atoms with Crippen LogP contribution in [-0.2, 0) is 0 Å². The second kappa shape index (κ2) is 7.97. The van der Waals surface area contributed by atoms with Gasteiger partial charge in [0.05, 0.1) is 12.1 Å². The number of amides is 2. The van der Waals surface area contributed by atoms with E-state index >= 15 is 0 Å². The van der Waals surface area contributed by atoms with Crippen molar-refractivity contribution in [3.63, 3.8) is 0 Å². The first-order valence-corrected chi connectivity index (χ1v) is 8.57. The molecule has 2 aromatic carbocycles. The summed E-state index contributed by atoms with van der Waals surface area (Å²) in [6.07, 6.45) is 3.03. The topological polar surface area (TPSA) is 61.4 Å². The first kappa shape index (κ1) is 16.5. The quantitative estimate of drug-likeness (QED) is 0.807. The third-order valence-corrected chi connectivity index (χ3v) is 4.52. The van der Waals surface area contributed by atoms with Crippen LogP contribution in [-0.4, -0.2) is 23.3 Å². The summed E-state index contributed by atoms with van der Waals surface area (Å²) in [7, 11) is 0. The average molecular weight is 324 g/mol. The number of rotatable bonds is 4. The lowest BCUT2D eigenvalue weighted by Gasteiger charge is -2.28. The normalized spacial score (nSPS) is 20.6. The number of carbonyl (C=O) groups is 1. The number of aliphatic hydroxyl groups excluding tert-OH is 1. The van der Waals surface area contributed by atoms with E-state index < -0.39 is 0 Å². The average Bonchev–Trinajstić information content (AvgIpc) is 2.61. The number of nitrogens with one attached hydrogen (secondary N) is 2. The minimum absolute atomic E-state index is 0.0425. The molecule has 4 heteroatoms. The van der Waals surface area contributed by atoms with Gasteiger partial charge in [0.15, 0.2) is 0 Å². The summed E-state index contributed by atoms with van der Waals surface area (Å²) in [5.41, 5.74) is 2.09. The van der Waals surface area contributed by atoms with Crippen LogP contribution in [0.1, 0.15) is 42.9 Å². The maximum atomic E-state index is 12.5. The van der Waals surface area contributed by atoms with Crippen molar-refractivity contribution in [1.82, 2.24) is 10.6 Å². The predicted octanol–water partition coefficient (Wildman–Crippen LogP) is 3.38. The summed E-state index contributed by atoms with van der Waals surface area (Å²) in [6, 6.07) is 19.6. The molecular formula is C20H24N2O2. The van der Waals surface area contributed by atoms with Crippen molar-refractivity contribution >= 4 is 6.03 Å². The zero-order chi connectivity index (χ0) is 16.8. The lowest BCUT2D eigenvalue weighted by atomic mass is 9.93. The molecule has 0 radical (unpaired) electrons. The first-order chi connectivity index (χ1) is 11.7. The fourth-order valence-corrected chi connectivity index (χ4v) is 3.30. The molecule has 2 aromatic rings. The van der Waals surface area contributed by atoms with E-state index in [1.165, 1.54) is 0 Å². The Kier molecular flexibility index (Phi) is 5.49. The van der Waals surface area contributed by atoms with Crippen molar-refractivity contribution in [2.75, 3.05) is 0 Å². The molecule has 126 valence electrons. The second-order valence-corrected chi connectivity index (χ2v) is 6.39. The van der Waals surface area contributed by atoms with E-state index in [9.17, 15) is 9.90 Å². The van der Waals surface area contributed by atoms with Gasteiger partial charge in [0.25, 0.3) is 0 Å². The van der Waals surface area contributed by atoms with E-state index in [0.29, 0.717) is 6.42 Å². The van der Waals surface area contributed by atoms with Gasteiger partial charge in [-0.2, -0.15) is 0 Å². The fourth-order valence-electron chi connectivity index (χ4n) is 3.30. The molecule has 1 aliphatic rings. The van der Waals surface area contributed by atoms with E-state index in [1.54, 1.807) is 0 Å². The van der Waals surface area contributed by atoms with E-state index in [2.05, 4.69) is 10.6 Å². The van der Waals surface area contributed by atoms with Gasteiger partial charge in [0.1, 0.15) is 0 Å². The Balaban J connectivity index is 1.71. The minimum Gasteiger partial charge on any atom is -0.393 e. The van der Waals surface area contributed by atoms with Crippen LogP contribution in [0.3, 0.4) is 0 Å². The molecule has 0 bridgehead atoms. The Labute approximate surface area is 142 Å². The predicted molar refractivity (Wildman–Crippen MR) is 94.7 cm³/mol. The van der Waals surface area contributed by atoms with Gasteiger partial charge in [-0.1, -0.05) is 60.7 Å². The molecule has 2 amide bonds. The molecule has 0 aromatic heterocycles. The van der Waals surface area contributed by atoms with Crippen molar-refractivity contribution < 1.29 is 9.90 Å². The summed E-state index contributed by atoms with van der Waals surface area (Å²) in [6.45, 7) is 0. The molecule has 4 nitrogen and oxygen atoms in total. The van der Waals surface area contributed by atoms with Crippen LogP contribution in [0, 0.1) is 0 Å². The van der Waals surface area contributed by atoms with Gasteiger partial charge in [0, 0.05) is 6.04 Å². The Morgan fingerprint density at radius 2 is 1.54 bits per heavy atom. The van der Waals surface area contributed by atoms with Gasteiger partial charge in [-0.15, -0.1) is 0 Å². The molecule has 3 N–H and O–H groups in total. The number of aliphatic hydroxyl groups is 1. The third-order valence-electron chi connectivity index (χ3n) is 4.52. The largest absolute Gasteiger partial charge is 0.393 e. The van der Waals surface area contributed by atoms with Crippen LogP contribution in [0.15, 0.2) is 60.7 Å². The highest BCUT2D eigenvalue weighted by Gasteiger charge is 2.23. The zero-order valence-electron chi connectivity index (χ0n) is 13.7. The Bertz CT molecular complexity index is 606. The van der Waals surface area contributed by atoms with Gasteiger partial charge < -0.3 is 15.7 Å². The number of urea groups is 1. The molecule has 0 unspecified atom stereocenters. The van der Waals surface area contributed by atoms with Crippen molar-refractivity contribution in [1.29, 1.82) is 0 Å². The molecule has 0 aliphatic heterocycles. The SMILES string of the molecule is O=C(NC(c1ccccc1)c1ccccc1)N[C@@H]1CCC[C@H](O)C1. The first-order valence-electron chi connectivity index (χ1n) is 8.57. The van der Waals surface area contributed by atoms with E-state index in [4.69, 9.17) is 0 Å². The summed E-state index contributed by atoms with van der Waals surface area (Å²) in [4.78, 5) is 12.5. The smallest absolute Gasteiger partial charge is 0.315 e. The lowest BCUT2D eigenvalue weighted by Crippen LogP contribution is -2.46. The van der Waals surface area contributed by atoms with Crippen LogP contribution in [0.5, 0.6) is 0 Å². The highest BCUT2D eigenvalue weighted by molar-refractivity contribution is 5.75. The van der Waals surface area contributed by atoms with E-state index in [-0.39, 0.29) is 24.2 Å². The van der Waals surface area contributed by atoms with Gasteiger partial charge in [-0.25, -0.2) is 4.79 Å². The molecular weight excluding hydrogens is 300 g/mol. The Morgan fingerprint density at radius 3 is 2.08 bits per heavy atom. The van der Waals surface area contributed by atoms with Gasteiger partial charge in [-0.3, -0.25) is 0 Å². The summed E-state index contributed by atoms with van der Waals surface area (Å²) >= 11 is 0. The van der Waals surface area contributed by atoms with Crippen LogP contribution < -0.4 is 10.6 Å². The van der Waals surface area contributed by atoms with Crippen LogP contribution in [0.4, 0.5) is 4.79 Å². The minimum atomic E-state index is -0.303. The molecule has 1 saturated carbocycles. The molecule has 24 heavy (non-hydrogen) atoms. The molecule has 3 rings (SSSR count). The maximum Gasteiger partial charge on any atom is 0.315 e. The standard InChI is InChI=1S/C20H24N2O2/c23-18-13-7-12-17(14-18)21-20(24)22-19(15-8-3-1-4-9-15)16-10-5-2-6-11-16/h1-6,8-11,17-19,23H,7,12-14H2,(H2,21,22,24)/t17-,18+/m1/s1. The van der Waals surface area contributed by atoms with Crippen molar-refractivity contribution in [2.45, 2.75) is 43.9 Å². The maximum absolute atomic E-state index is 12.5. The molecule has 2 atom stereocenters. The summed E-state index contributed by atoms with van der Waals surface area (Å²) < 4.78 is 0. The van der Waals surface area contributed by atoms with E-state index in [1.807, 2.05) is 60.7 Å². The molecule has 1 aliphatic carbocycles. The number of hydrogen-bond acceptors (Lipinski definition) is 2. The molecule has 1 fully saturated rings. The van der Waals surface area contributed by atoms with Crippen LogP contribution >= 0.6 is 0 Å². The van der Waals surface area contributed by atoms with E-state index in [0.717, 1.165) is 30.4 Å². The van der Waals surface area contributed by atoms with Crippen LogP contribution in [0.25, 0.3) is 0 Å². The Morgan fingerprint density at radius 1 is 0.958 bits per heavy atom. The number of carbonyl (C=O) groups excluding carboxylic acids is 1. The van der Waals surface area contributed by atoms with Crippen LogP contribution in [0.2, 0.25) is 0 Å². The van der Waals surface area contributed by atoms with Crippen molar-refractivity contribution in [2.24, 2.45) is 0 Å². The fraction of sp³-hybridized carbons (Fsp3) is 0.350. The highest BCUT2D eigenvalue weighted by atomic mass is 16.3. The van der Waals surface area contributed by atoms with Crippen molar-refractivity contribution in [3.05, 3.63) is 71.8 Å². The van der Waals surface area contributed by atoms with Gasteiger partial charge in [-0.05, 0) is 36.8 Å². The molecule has 0 saturated heterocycles. The van der Waals surface area contributed by atoms with Gasteiger partial charge in [0.2, 0.25) is 0 Å². The van der Waals surface area contributed by atoms with Crippen molar-refractivity contribution in [3.8, 4) is 0 Å². The highest BCUT2D eigenvalue weighted by Crippen LogP contribution is 2.22. The monoisotopic (exact) mass is 324 g/mol. The molecule has 0 heterocycles. The summed E-state index contributed by atoms with van der Waals surface area (Å²) in [5, 5.41) is 15.8. The number of hydrogen-bond donors (Lipinski definition) is 3. The zero-order valence-corrected chi connectivity index (χ0v) is 13.7.